The first-order valence-corrected chi connectivity index (χ1v) is 6.30. The Bertz CT molecular complexity index is 318. The number of nitrogens with one attached hydrogen (secondary N) is 1. The van der Waals surface area contributed by atoms with Crippen LogP contribution in [0.4, 0.5) is 0 Å². The second kappa shape index (κ2) is 5.04. The van der Waals surface area contributed by atoms with E-state index in [0.29, 0.717) is 18.8 Å². The van der Waals surface area contributed by atoms with Gasteiger partial charge in [0.1, 0.15) is 6.10 Å². The van der Waals surface area contributed by atoms with Crippen molar-refractivity contribution in [1.82, 2.24) is 5.32 Å². The quantitative estimate of drug-likeness (QED) is 0.750. The molecule has 5 heteroatoms. The summed E-state index contributed by atoms with van der Waals surface area (Å²) in [4.78, 5) is 22.5. The van der Waals surface area contributed by atoms with Crippen LogP contribution < -0.4 is 5.32 Å². The third-order valence-electron chi connectivity index (χ3n) is 3.50. The molecule has 1 aliphatic heterocycles. The summed E-state index contributed by atoms with van der Waals surface area (Å²) in [7, 11) is 0. The van der Waals surface area contributed by atoms with Crippen LogP contribution >= 0.6 is 0 Å². The van der Waals surface area contributed by atoms with E-state index in [-0.39, 0.29) is 11.9 Å². The number of carbonyl (C=O) groups excluding carboxylic acids is 1. The van der Waals surface area contributed by atoms with Crippen molar-refractivity contribution in [3.63, 3.8) is 0 Å². The van der Waals surface area contributed by atoms with Gasteiger partial charge in [-0.05, 0) is 31.6 Å². The molecule has 96 valence electrons. The Labute approximate surface area is 101 Å². The molecule has 1 saturated carbocycles. The molecule has 4 atom stereocenters. The summed E-state index contributed by atoms with van der Waals surface area (Å²) in [6.07, 6.45) is 2.89. The Morgan fingerprint density at radius 1 is 1.35 bits per heavy atom. The molecule has 0 aromatic rings. The van der Waals surface area contributed by atoms with Crippen LogP contribution in [0.3, 0.4) is 0 Å². The van der Waals surface area contributed by atoms with Gasteiger partial charge in [0.25, 0.3) is 0 Å². The lowest BCUT2D eigenvalue weighted by molar-refractivity contribution is -0.151. The topological polar surface area (TPSA) is 75.6 Å². The minimum absolute atomic E-state index is 0.141. The maximum atomic E-state index is 11.8. The van der Waals surface area contributed by atoms with Crippen molar-refractivity contribution in [3.8, 4) is 0 Å². The van der Waals surface area contributed by atoms with E-state index in [0.717, 1.165) is 19.3 Å². The molecular weight excluding hydrogens is 222 g/mol. The Morgan fingerprint density at radius 2 is 2.06 bits per heavy atom. The van der Waals surface area contributed by atoms with E-state index < -0.39 is 18.2 Å². The summed E-state index contributed by atoms with van der Waals surface area (Å²) in [5, 5.41) is 11.7. The van der Waals surface area contributed by atoms with E-state index in [1.807, 2.05) is 0 Å². The molecule has 1 amide bonds. The first-order chi connectivity index (χ1) is 8.11. The fourth-order valence-corrected chi connectivity index (χ4v) is 2.40. The number of ether oxygens (including phenoxy) is 1. The zero-order chi connectivity index (χ0) is 12.4. The number of carboxylic acid groups (broad SMARTS) is 1. The number of rotatable bonds is 5. The third-order valence-corrected chi connectivity index (χ3v) is 3.50. The molecule has 0 radical (unpaired) electrons. The highest BCUT2D eigenvalue weighted by atomic mass is 16.5. The summed E-state index contributed by atoms with van der Waals surface area (Å²) in [6, 6.07) is 0.287. The number of carbonyl (C=O) groups is 2. The summed E-state index contributed by atoms with van der Waals surface area (Å²) < 4.78 is 5.20. The Morgan fingerprint density at radius 3 is 2.65 bits per heavy atom. The molecular formula is C12H19NO4. The third kappa shape index (κ3) is 2.97. The zero-order valence-electron chi connectivity index (χ0n) is 10.0. The number of carboxylic acids is 1. The highest BCUT2D eigenvalue weighted by molar-refractivity contribution is 5.83. The van der Waals surface area contributed by atoms with Crippen LogP contribution in [0.25, 0.3) is 0 Å². The molecule has 2 aliphatic rings. The SMILES string of the molecule is CCCC1CC1NC(=O)C1CCC(C(=O)O)O1. The molecule has 2 rings (SSSR count). The van der Waals surface area contributed by atoms with Crippen molar-refractivity contribution in [1.29, 1.82) is 0 Å². The molecule has 0 aromatic heterocycles. The Hall–Kier alpha value is -1.10. The van der Waals surface area contributed by atoms with E-state index in [4.69, 9.17) is 9.84 Å². The second-order valence-corrected chi connectivity index (χ2v) is 4.93. The summed E-state index contributed by atoms with van der Waals surface area (Å²) in [5.41, 5.74) is 0. The largest absolute Gasteiger partial charge is 0.479 e. The zero-order valence-corrected chi connectivity index (χ0v) is 10.0. The minimum atomic E-state index is -0.976. The molecule has 5 nitrogen and oxygen atoms in total. The fourth-order valence-electron chi connectivity index (χ4n) is 2.40. The van der Waals surface area contributed by atoms with Crippen LogP contribution in [0.1, 0.15) is 39.0 Å². The highest BCUT2D eigenvalue weighted by Crippen LogP contribution is 2.35. The molecule has 2 N–H and O–H groups in total. The maximum absolute atomic E-state index is 11.8. The van der Waals surface area contributed by atoms with Crippen molar-refractivity contribution >= 4 is 11.9 Å². The Kier molecular flexibility index (Phi) is 3.66. The highest BCUT2D eigenvalue weighted by Gasteiger charge is 2.41. The van der Waals surface area contributed by atoms with Crippen LogP contribution in [-0.4, -0.2) is 35.2 Å². The Balaban J connectivity index is 1.73. The van der Waals surface area contributed by atoms with Gasteiger partial charge in [-0.2, -0.15) is 0 Å². The summed E-state index contributed by atoms with van der Waals surface area (Å²) >= 11 is 0. The van der Waals surface area contributed by atoms with Crippen LogP contribution in [0.5, 0.6) is 0 Å². The van der Waals surface area contributed by atoms with E-state index in [9.17, 15) is 9.59 Å². The molecule has 0 spiro atoms. The average molecular weight is 241 g/mol. The predicted molar refractivity (Wildman–Crippen MR) is 60.5 cm³/mol. The fraction of sp³-hybridized carbons (Fsp3) is 0.833. The van der Waals surface area contributed by atoms with Crippen LogP contribution in [0.15, 0.2) is 0 Å². The lowest BCUT2D eigenvalue weighted by atomic mass is 10.2. The van der Waals surface area contributed by atoms with Gasteiger partial charge in [-0.15, -0.1) is 0 Å². The van der Waals surface area contributed by atoms with Gasteiger partial charge in [0.15, 0.2) is 6.10 Å². The van der Waals surface area contributed by atoms with Gasteiger partial charge in [-0.25, -0.2) is 4.79 Å². The van der Waals surface area contributed by atoms with E-state index in [1.54, 1.807) is 0 Å². The molecule has 2 fully saturated rings. The van der Waals surface area contributed by atoms with Crippen LogP contribution in [0, 0.1) is 5.92 Å². The molecule has 1 aliphatic carbocycles. The maximum Gasteiger partial charge on any atom is 0.332 e. The first kappa shape index (κ1) is 12.4. The standard InChI is InChI=1S/C12H19NO4/c1-2-3-7-6-8(7)13-11(14)9-4-5-10(17-9)12(15)16/h7-10H,2-6H2,1H3,(H,13,14)(H,15,16). The van der Waals surface area contributed by atoms with Crippen molar-refractivity contribution in [2.45, 2.75) is 57.3 Å². The molecule has 1 heterocycles. The number of aliphatic carboxylic acids is 1. The van der Waals surface area contributed by atoms with Crippen molar-refractivity contribution in [2.75, 3.05) is 0 Å². The van der Waals surface area contributed by atoms with Crippen molar-refractivity contribution < 1.29 is 19.4 Å². The second-order valence-electron chi connectivity index (χ2n) is 4.93. The van der Waals surface area contributed by atoms with Crippen LogP contribution in [0.2, 0.25) is 0 Å². The first-order valence-electron chi connectivity index (χ1n) is 6.30. The van der Waals surface area contributed by atoms with Gasteiger partial charge in [0.2, 0.25) is 5.91 Å². The predicted octanol–water partition coefficient (Wildman–Crippen LogP) is 0.923. The molecule has 0 bridgehead atoms. The van der Waals surface area contributed by atoms with Gasteiger partial charge >= 0.3 is 5.97 Å². The lowest BCUT2D eigenvalue weighted by Crippen LogP contribution is -2.37. The molecule has 1 saturated heterocycles. The number of amides is 1. The van der Waals surface area contributed by atoms with Crippen LogP contribution in [-0.2, 0) is 14.3 Å². The van der Waals surface area contributed by atoms with Crippen molar-refractivity contribution in [3.05, 3.63) is 0 Å². The van der Waals surface area contributed by atoms with Gasteiger partial charge in [-0.3, -0.25) is 4.79 Å². The number of hydrogen-bond donors (Lipinski definition) is 2. The van der Waals surface area contributed by atoms with E-state index >= 15 is 0 Å². The van der Waals surface area contributed by atoms with E-state index in [2.05, 4.69) is 12.2 Å². The minimum Gasteiger partial charge on any atom is -0.479 e. The van der Waals surface area contributed by atoms with E-state index in [1.165, 1.54) is 0 Å². The van der Waals surface area contributed by atoms with Gasteiger partial charge in [0.05, 0.1) is 0 Å². The van der Waals surface area contributed by atoms with Gasteiger partial charge in [0, 0.05) is 6.04 Å². The van der Waals surface area contributed by atoms with Crippen molar-refractivity contribution in [2.24, 2.45) is 5.92 Å². The molecule has 4 unspecified atom stereocenters. The monoisotopic (exact) mass is 241 g/mol. The summed E-state index contributed by atoms with van der Waals surface area (Å²) in [5.74, 6) is -0.506. The lowest BCUT2D eigenvalue weighted by Gasteiger charge is -2.11. The summed E-state index contributed by atoms with van der Waals surface area (Å²) in [6.45, 7) is 2.13. The van der Waals surface area contributed by atoms with Gasteiger partial charge in [-0.1, -0.05) is 13.3 Å². The molecule has 17 heavy (non-hydrogen) atoms. The molecule has 0 aromatic carbocycles. The normalized spacial score (nSPS) is 35.6. The average Bonchev–Trinajstić information content (AvgIpc) is 2.83. The number of hydrogen-bond acceptors (Lipinski definition) is 3. The van der Waals surface area contributed by atoms with Gasteiger partial charge < -0.3 is 15.2 Å². The smallest absolute Gasteiger partial charge is 0.332 e.